The van der Waals surface area contributed by atoms with Gasteiger partial charge in [0.25, 0.3) is 5.91 Å². The zero-order valence-corrected chi connectivity index (χ0v) is 17.7. The number of pyridine rings is 1. The van der Waals surface area contributed by atoms with Crippen LogP contribution in [0.3, 0.4) is 0 Å². The summed E-state index contributed by atoms with van der Waals surface area (Å²) >= 11 is 0. The highest BCUT2D eigenvalue weighted by molar-refractivity contribution is 6.06. The Hall–Kier alpha value is -4.14. The number of fused-ring (bicyclic) bond motifs is 3. The number of carbonyl (C=O) groups excluding carboxylic acids is 3. The molecule has 2 heterocycles. The second-order valence-electron chi connectivity index (χ2n) is 7.72. The predicted octanol–water partition coefficient (Wildman–Crippen LogP) is 3.00. The van der Waals surface area contributed by atoms with Crippen LogP contribution in [0, 0.1) is 0 Å². The lowest BCUT2D eigenvalue weighted by Gasteiger charge is -2.19. The third-order valence-electron chi connectivity index (χ3n) is 5.51. The largest absolute Gasteiger partial charge is 0.486 e. The highest BCUT2D eigenvalue weighted by Gasteiger charge is 2.25. The number of anilines is 1. The summed E-state index contributed by atoms with van der Waals surface area (Å²) in [6, 6.07) is 11.5. The first-order chi connectivity index (χ1) is 16.1. The van der Waals surface area contributed by atoms with E-state index in [-0.39, 0.29) is 0 Å². The molecule has 0 fully saturated rings. The van der Waals surface area contributed by atoms with E-state index >= 15 is 0 Å². The predicted molar refractivity (Wildman–Crippen MR) is 119 cm³/mol. The van der Waals surface area contributed by atoms with Crippen LogP contribution in [0.2, 0.25) is 0 Å². The van der Waals surface area contributed by atoms with E-state index < -0.39 is 24.5 Å². The van der Waals surface area contributed by atoms with Crippen molar-refractivity contribution in [1.82, 2.24) is 10.3 Å². The summed E-state index contributed by atoms with van der Waals surface area (Å²) in [6.07, 6.45) is 2.46. The maximum absolute atomic E-state index is 12.9. The van der Waals surface area contributed by atoms with Gasteiger partial charge in [0, 0.05) is 22.8 Å². The molecule has 1 aliphatic carbocycles. The third-order valence-corrected chi connectivity index (χ3v) is 5.51. The van der Waals surface area contributed by atoms with Gasteiger partial charge in [0.05, 0.1) is 11.1 Å². The van der Waals surface area contributed by atoms with Crippen LogP contribution < -0.4 is 20.1 Å². The molecular weight excluding hydrogens is 426 g/mol. The number of hydrogen-bond donors (Lipinski definition) is 2. The number of esters is 1. The van der Waals surface area contributed by atoms with Crippen LogP contribution in [0.1, 0.15) is 28.0 Å². The summed E-state index contributed by atoms with van der Waals surface area (Å²) < 4.78 is 16.2. The zero-order valence-electron chi connectivity index (χ0n) is 17.7. The zero-order chi connectivity index (χ0) is 22.8. The molecule has 0 unspecified atom stereocenters. The monoisotopic (exact) mass is 447 g/mol. The van der Waals surface area contributed by atoms with Crippen molar-refractivity contribution in [2.45, 2.75) is 19.3 Å². The second-order valence-corrected chi connectivity index (χ2v) is 7.72. The van der Waals surface area contributed by atoms with Gasteiger partial charge in [-0.3, -0.25) is 15.1 Å². The van der Waals surface area contributed by atoms with Crippen molar-refractivity contribution in [1.29, 1.82) is 0 Å². The number of aryl methyl sites for hydroxylation is 1. The first kappa shape index (κ1) is 20.7. The summed E-state index contributed by atoms with van der Waals surface area (Å²) in [5, 5.41) is 5.39. The van der Waals surface area contributed by atoms with Crippen molar-refractivity contribution < 1.29 is 28.6 Å². The molecule has 33 heavy (non-hydrogen) atoms. The van der Waals surface area contributed by atoms with Crippen LogP contribution >= 0.6 is 0 Å². The lowest BCUT2D eigenvalue weighted by Crippen LogP contribution is -2.37. The van der Waals surface area contributed by atoms with Crippen LogP contribution in [0.4, 0.5) is 10.5 Å². The van der Waals surface area contributed by atoms with E-state index in [1.165, 1.54) is 0 Å². The molecule has 0 saturated heterocycles. The molecule has 3 aromatic rings. The number of aromatic nitrogens is 1. The molecule has 9 heteroatoms. The summed E-state index contributed by atoms with van der Waals surface area (Å²) in [6.45, 7) is 0.298. The molecule has 1 aromatic heterocycles. The van der Waals surface area contributed by atoms with Crippen LogP contribution in [-0.2, 0) is 22.4 Å². The van der Waals surface area contributed by atoms with Gasteiger partial charge in [-0.2, -0.15) is 0 Å². The van der Waals surface area contributed by atoms with Gasteiger partial charge in [-0.1, -0.05) is 18.2 Å². The number of nitrogens with one attached hydrogen (secondary N) is 2. The van der Waals surface area contributed by atoms with E-state index in [4.69, 9.17) is 14.2 Å². The highest BCUT2D eigenvalue weighted by atomic mass is 16.6. The van der Waals surface area contributed by atoms with Gasteiger partial charge in [0.1, 0.15) is 13.2 Å². The lowest BCUT2D eigenvalue weighted by molar-refractivity contribution is -0.123. The number of para-hydroxylation sites is 1. The minimum absolute atomic E-state index is 0.419. The number of nitrogens with zero attached hydrogens (tertiary/aromatic N) is 1. The van der Waals surface area contributed by atoms with Crippen LogP contribution in [0.15, 0.2) is 42.5 Å². The van der Waals surface area contributed by atoms with Crippen LogP contribution in [0.5, 0.6) is 11.5 Å². The van der Waals surface area contributed by atoms with Gasteiger partial charge in [-0.15, -0.1) is 0 Å². The molecule has 0 bridgehead atoms. The molecule has 5 rings (SSSR count). The number of carbonyl (C=O) groups is 3. The van der Waals surface area contributed by atoms with Gasteiger partial charge in [-0.05, 0) is 43.0 Å². The smallest absolute Gasteiger partial charge is 0.339 e. The molecule has 0 spiro atoms. The Kier molecular flexibility index (Phi) is 5.52. The number of imide groups is 1. The molecule has 2 aliphatic rings. The first-order valence-electron chi connectivity index (χ1n) is 10.7. The standard InChI is InChI=1S/C24H21N3O6/c28-21(27-24(30)25-14-8-9-19-20(12-14)32-11-10-31-19)13-33-23(29)22-15-4-1-2-6-17(15)26-18-7-3-5-16(18)22/h1-2,4,6,8-9,12H,3,5,7,10-11,13H2,(H2,25,27,28,30). The Morgan fingerprint density at radius 1 is 1.00 bits per heavy atom. The quantitative estimate of drug-likeness (QED) is 0.591. The van der Waals surface area contributed by atoms with Gasteiger partial charge in [-0.25, -0.2) is 9.59 Å². The van der Waals surface area contributed by atoms with Crippen molar-refractivity contribution in [2.75, 3.05) is 25.1 Å². The van der Waals surface area contributed by atoms with Crippen molar-refractivity contribution in [3.8, 4) is 11.5 Å². The maximum atomic E-state index is 12.9. The molecule has 0 radical (unpaired) electrons. The maximum Gasteiger partial charge on any atom is 0.339 e. The van der Waals surface area contributed by atoms with Gasteiger partial charge in [0.2, 0.25) is 0 Å². The number of ether oxygens (including phenoxy) is 3. The number of benzene rings is 2. The molecule has 0 atom stereocenters. The van der Waals surface area contributed by atoms with E-state index in [9.17, 15) is 14.4 Å². The molecule has 2 N–H and O–H groups in total. The minimum atomic E-state index is -0.747. The first-order valence-corrected chi connectivity index (χ1v) is 10.7. The summed E-state index contributed by atoms with van der Waals surface area (Å²) in [7, 11) is 0. The van der Waals surface area contributed by atoms with Crippen molar-refractivity contribution in [3.63, 3.8) is 0 Å². The topological polar surface area (TPSA) is 116 Å². The molecule has 9 nitrogen and oxygen atoms in total. The van der Waals surface area contributed by atoms with Gasteiger partial charge < -0.3 is 19.5 Å². The van der Waals surface area contributed by atoms with Gasteiger partial charge in [0.15, 0.2) is 18.1 Å². The van der Waals surface area contributed by atoms with E-state index in [0.29, 0.717) is 46.9 Å². The molecule has 168 valence electrons. The van der Waals surface area contributed by atoms with E-state index in [1.54, 1.807) is 18.2 Å². The number of rotatable bonds is 4. The van der Waals surface area contributed by atoms with Crippen molar-refractivity contribution in [3.05, 3.63) is 59.3 Å². The normalized spacial score (nSPS) is 13.8. The fourth-order valence-corrected chi connectivity index (χ4v) is 4.09. The molecule has 0 saturated carbocycles. The number of amides is 3. The average molecular weight is 447 g/mol. The second kappa shape index (κ2) is 8.78. The number of urea groups is 1. The van der Waals surface area contributed by atoms with E-state index in [2.05, 4.69) is 15.6 Å². The molecular formula is C24H21N3O6. The lowest BCUT2D eigenvalue weighted by atomic mass is 10.0. The molecule has 3 amide bonds. The fourth-order valence-electron chi connectivity index (χ4n) is 4.09. The number of hydrogen-bond acceptors (Lipinski definition) is 7. The SMILES string of the molecule is O=C(COC(=O)c1c2c(nc3ccccc13)CCC2)NC(=O)Nc1ccc2c(c1)OCCO2. The average Bonchev–Trinajstić information content (AvgIpc) is 3.28. The Morgan fingerprint density at radius 3 is 2.70 bits per heavy atom. The fraction of sp³-hybridized carbons (Fsp3) is 0.250. The Morgan fingerprint density at radius 2 is 1.82 bits per heavy atom. The summed E-state index contributed by atoms with van der Waals surface area (Å²) in [5.74, 6) is -0.246. The van der Waals surface area contributed by atoms with Crippen molar-refractivity contribution >= 4 is 34.5 Å². The highest BCUT2D eigenvalue weighted by Crippen LogP contribution is 2.33. The molecule has 1 aliphatic heterocycles. The Bertz CT molecular complexity index is 1270. The van der Waals surface area contributed by atoms with Crippen molar-refractivity contribution in [2.24, 2.45) is 0 Å². The summed E-state index contributed by atoms with van der Waals surface area (Å²) in [5.41, 5.74) is 3.36. The Labute approximate surface area is 189 Å². The van der Waals surface area contributed by atoms with E-state index in [1.807, 2.05) is 24.3 Å². The van der Waals surface area contributed by atoms with Gasteiger partial charge >= 0.3 is 12.0 Å². The van der Waals surface area contributed by atoms with Crippen LogP contribution in [-0.4, -0.2) is 42.7 Å². The third kappa shape index (κ3) is 4.30. The minimum Gasteiger partial charge on any atom is -0.486 e. The van der Waals surface area contributed by atoms with Crippen LogP contribution in [0.25, 0.3) is 10.9 Å². The summed E-state index contributed by atoms with van der Waals surface area (Å²) in [4.78, 5) is 41.9. The Balaban J connectivity index is 1.21. The van der Waals surface area contributed by atoms with E-state index in [0.717, 1.165) is 30.5 Å². The molecule has 2 aromatic carbocycles.